The highest BCUT2D eigenvalue weighted by molar-refractivity contribution is 5.14. The molecule has 0 aromatic heterocycles. The molecule has 2 saturated heterocycles. The van der Waals surface area contributed by atoms with Gasteiger partial charge in [-0.1, -0.05) is 30.3 Å². The van der Waals surface area contributed by atoms with Gasteiger partial charge in [0.2, 0.25) is 0 Å². The third-order valence-corrected chi connectivity index (χ3v) is 4.10. The summed E-state index contributed by atoms with van der Waals surface area (Å²) in [5.41, 5.74) is 1.79. The molecule has 0 aliphatic carbocycles. The van der Waals surface area contributed by atoms with Crippen molar-refractivity contribution in [2.45, 2.75) is 31.3 Å². The van der Waals surface area contributed by atoms with Crippen LogP contribution >= 0.6 is 0 Å². The van der Waals surface area contributed by atoms with Crippen LogP contribution in [0.4, 0.5) is 0 Å². The lowest BCUT2D eigenvalue weighted by Crippen LogP contribution is -2.38. The molecule has 0 radical (unpaired) electrons. The molecule has 0 N–H and O–H groups in total. The molecule has 92 valence electrons. The Hall–Kier alpha value is -0.860. The molecular weight excluding hydrogens is 210 g/mol. The zero-order valence-electron chi connectivity index (χ0n) is 10.4. The van der Waals surface area contributed by atoms with Gasteiger partial charge in [0.1, 0.15) is 0 Å². The van der Waals surface area contributed by atoms with E-state index in [4.69, 9.17) is 4.74 Å². The Balaban J connectivity index is 1.37. The second-order valence-corrected chi connectivity index (χ2v) is 5.40. The van der Waals surface area contributed by atoms with Crippen molar-refractivity contribution in [1.82, 2.24) is 4.90 Å². The summed E-state index contributed by atoms with van der Waals surface area (Å²) < 4.78 is 5.53. The first kappa shape index (κ1) is 11.2. The van der Waals surface area contributed by atoms with E-state index < -0.39 is 0 Å². The van der Waals surface area contributed by atoms with Crippen molar-refractivity contribution in [3.63, 3.8) is 0 Å². The van der Waals surface area contributed by atoms with Gasteiger partial charge >= 0.3 is 0 Å². The number of epoxide rings is 1. The summed E-state index contributed by atoms with van der Waals surface area (Å²) in [5.74, 6) is 0. The summed E-state index contributed by atoms with van der Waals surface area (Å²) in [6, 6.07) is 10.8. The van der Waals surface area contributed by atoms with Gasteiger partial charge in [0.05, 0.1) is 12.2 Å². The molecule has 1 spiro atoms. The Morgan fingerprint density at radius 1 is 1.12 bits per heavy atom. The average Bonchev–Trinajstić information content (AvgIpc) is 3.13. The highest BCUT2D eigenvalue weighted by Crippen LogP contribution is 2.37. The van der Waals surface area contributed by atoms with Gasteiger partial charge in [-0.15, -0.1) is 0 Å². The van der Waals surface area contributed by atoms with Crippen LogP contribution < -0.4 is 0 Å². The van der Waals surface area contributed by atoms with Crippen molar-refractivity contribution in [1.29, 1.82) is 0 Å². The first-order valence-electron chi connectivity index (χ1n) is 6.77. The minimum atomic E-state index is 0.329. The van der Waals surface area contributed by atoms with Crippen molar-refractivity contribution >= 4 is 0 Å². The summed E-state index contributed by atoms with van der Waals surface area (Å²) >= 11 is 0. The van der Waals surface area contributed by atoms with Crippen LogP contribution in [0.3, 0.4) is 0 Å². The fourth-order valence-electron chi connectivity index (χ4n) is 2.73. The Kier molecular flexibility index (Phi) is 3.17. The number of hydrogen-bond acceptors (Lipinski definition) is 2. The molecule has 3 rings (SSSR count). The lowest BCUT2D eigenvalue weighted by Gasteiger charge is -2.30. The Labute approximate surface area is 104 Å². The fourth-order valence-corrected chi connectivity index (χ4v) is 2.73. The minimum absolute atomic E-state index is 0.329. The van der Waals surface area contributed by atoms with Gasteiger partial charge in [0.25, 0.3) is 0 Å². The first-order valence-corrected chi connectivity index (χ1v) is 6.77. The molecule has 2 aliphatic rings. The van der Waals surface area contributed by atoms with Crippen molar-refractivity contribution in [2.24, 2.45) is 0 Å². The highest BCUT2D eigenvalue weighted by Gasteiger charge is 2.46. The average molecular weight is 231 g/mol. The summed E-state index contributed by atoms with van der Waals surface area (Å²) in [7, 11) is 0. The van der Waals surface area contributed by atoms with Crippen LogP contribution in [0.1, 0.15) is 24.8 Å². The van der Waals surface area contributed by atoms with Crippen LogP contribution in [0.15, 0.2) is 30.3 Å². The van der Waals surface area contributed by atoms with Crippen LogP contribution in [-0.2, 0) is 11.2 Å². The number of benzene rings is 1. The normalized spacial score (nSPS) is 22.8. The van der Waals surface area contributed by atoms with E-state index in [0.29, 0.717) is 5.60 Å². The number of nitrogens with zero attached hydrogens (tertiary/aromatic N) is 1. The van der Waals surface area contributed by atoms with Crippen molar-refractivity contribution in [3.8, 4) is 0 Å². The predicted octanol–water partition coefficient (Wildman–Crippen LogP) is 2.48. The molecule has 1 aromatic rings. The van der Waals surface area contributed by atoms with E-state index in [9.17, 15) is 0 Å². The summed E-state index contributed by atoms with van der Waals surface area (Å²) in [5, 5.41) is 0. The number of likely N-dealkylation sites (tertiary alicyclic amines) is 1. The summed E-state index contributed by atoms with van der Waals surface area (Å²) in [6.07, 6.45) is 4.98. The van der Waals surface area contributed by atoms with Crippen molar-refractivity contribution < 1.29 is 4.74 Å². The second-order valence-electron chi connectivity index (χ2n) is 5.40. The topological polar surface area (TPSA) is 15.8 Å². The zero-order valence-corrected chi connectivity index (χ0v) is 10.4. The van der Waals surface area contributed by atoms with E-state index in [1.165, 1.54) is 50.9 Å². The van der Waals surface area contributed by atoms with Crippen LogP contribution in [0.2, 0.25) is 0 Å². The van der Waals surface area contributed by atoms with E-state index in [1.54, 1.807) is 0 Å². The third kappa shape index (κ3) is 2.88. The Morgan fingerprint density at radius 3 is 2.47 bits per heavy atom. The third-order valence-electron chi connectivity index (χ3n) is 4.10. The van der Waals surface area contributed by atoms with Crippen LogP contribution in [-0.4, -0.2) is 36.7 Å². The monoisotopic (exact) mass is 231 g/mol. The Bertz CT molecular complexity index is 348. The minimum Gasteiger partial charge on any atom is -0.369 e. The van der Waals surface area contributed by atoms with Gasteiger partial charge in [0, 0.05) is 13.1 Å². The number of aryl methyl sites for hydroxylation is 1. The van der Waals surface area contributed by atoms with Gasteiger partial charge in [-0.25, -0.2) is 0 Å². The van der Waals surface area contributed by atoms with Gasteiger partial charge in [-0.05, 0) is 37.8 Å². The van der Waals surface area contributed by atoms with Crippen LogP contribution in [0.25, 0.3) is 0 Å². The molecule has 0 saturated carbocycles. The maximum atomic E-state index is 5.53. The first-order chi connectivity index (χ1) is 8.36. The van der Waals surface area contributed by atoms with Gasteiger partial charge in [0.15, 0.2) is 0 Å². The molecule has 0 bridgehead atoms. The summed E-state index contributed by atoms with van der Waals surface area (Å²) in [6.45, 7) is 4.72. The molecule has 1 aromatic carbocycles. The van der Waals surface area contributed by atoms with Crippen LogP contribution in [0, 0.1) is 0 Å². The molecule has 0 unspecified atom stereocenters. The van der Waals surface area contributed by atoms with Gasteiger partial charge < -0.3 is 9.64 Å². The molecule has 0 atom stereocenters. The zero-order chi connectivity index (χ0) is 11.6. The molecule has 2 fully saturated rings. The SMILES string of the molecule is c1ccc(CCCN2CCC3(CC2)CO3)cc1. The predicted molar refractivity (Wildman–Crippen MR) is 69.1 cm³/mol. The van der Waals surface area contributed by atoms with Gasteiger partial charge in [-0.3, -0.25) is 0 Å². The van der Waals surface area contributed by atoms with E-state index in [2.05, 4.69) is 35.2 Å². The second kappa shape index (κ2) is 4.79. The highest BCUT2D eigenvalue weighted by atomic mass is 16.6. The van der Waals surface area contributed by atoms with E-state index >= 15 is 0 Å². The molecule has 17 heavy (non-hydrogen) atoms. The molecular formula is C15H21NO. The largest absolute Gasteiger partial charge is 0.369 e. The summed E-state index contributed by atoms with van der Waals surface area (Å²) in [4.78, 5) is 2.59. The molecule has 2 aliphatic heterocycles. The Morgan fingerprint density at radius 2 is 1.82 bits per heavy atom. The van der Waals surface area contributed by atoms with E-state index in [0.717, 1.165) is 6.61 Å². The maximum Gasteiger partial charge on any atom is 0.0940 e. The quantitative estimate of drug-likeness (QED) is 0.740. The fraction of sp³-hybridized carbons (Fsp3) is 0.600. The number of hydrogen-bond donors (Lipinski definition) is 0. The smallest absolute Gasteiger partial charge is 0.0940 e. The van der Waals surface area contributed by atoms with Crippen molar-refractivity contribution in [2.75, 3.05) is 26.2 Å². The van der Waals surface area contributed by atoms with Crippen LogP contribution in [0.5, 0.6) is 0 Å². The molecule has 0 amide bonds. The van der Waals surface area contributed by atoms with Crippen molar-refractivity contribution in [3.05, 3.63) is 35.9 Å². The maximum absolute atomic E-state index is 5.53. The van der Waals surface area contributed by atoms with Gasteiger partial charge in [-0.2, -0.15) is 0 Å². The lowest BCUT2D eigenvalue weighted by atomic mass is 9.97. The molecule has 2 nitrogen and oxygen atoms in total. The number of piperidine rings is 1. The number of rotatable bonds is 4. The molecule has 2 heterocycles. The lowest BCUT2D eigenvalue weighted by molar-refractivity contribution is 0.145. The standard InChI is InChI=1S/C15H21NO/c1-2-5-14(6-3-1)7-4-10-16-11-8-15(9-12-16)13-17-15/h1-3,5-6H,4,7-13H2. The van der Waals surface area contributed by atoms with E-state index in [1.807, 2.05) is 0 Å². The molecule has 2 heteroatoms. The van der Waals surface area contributed by atoms with E-state index in [-0.39, 0.29) is 0 Å². The number of ether oxygens (including phenoxy) is 1.